The molecule has 1 aliphatic rings. The largest absolute Gasteiger partial charge is 0.381 e. The first-order chi connectivity index (χ1) is 14.7. The van der Waals surface area contributed by atoms with Crippen molar-refractivity contribution in [1.29, 1.82) is 0 Å². The summed E-state index contributed by atoms with van der Waals surface area (Å²) in [5.74, 6) is 0.787. The minimum atomic E-state index is -0.207. The smallest absolute Gasteiger partial charge is 0.152 e. The van der Waals surface area contributed by atoms with E-state index in [0.717, 1.165) is 35.4 Å². The van der Waals surface area contributed by atoms with Gasteiger partial charge in [0.05, 0.1) is 11.6 Å². The van der Waals surface area contributed by atoms with Crippen molar-refractivity contribution in [3.63, 3.8) is 0 Å². The zero-order valence-electron chi connectivity index (χ0n) is 19.3. The van der Waals surface area contributed by atoms with Crippen molar-refractivity contribution in [1.82, 2.24) is 9.55 Å². The highest BCUT2D eigenvalue weighted by molar-refractivity contribution is 5.78. The third kappa shape index (κ3) is 3.89. The normalized spacial score (nSPS) is 18.9. The first kappa shape index (κ1) is 21.9. The summed E-state index contributed by atoms with van der Waals surface area (Å²) in [6.45, 7) is 10.4. The van der Waals surface area contributed by atoms with Crippen LogP contribution in [0.25, 0.3) is 11.0 Å². The van der Waals surface area contributed by atoms with Gasteiger partial charge in [-0.05, 0) is 65.8 Å². The first-order valence-electron chi connectivity index (χ1n) is 11.2. The van der Waals surface area contributed by atoms with Gasteiger partial charge in [0.25, 0.3) is 0 Å². The second kappa shape index (κ2) is 8.34. The summed E-state index contributed by atoms with van der Waals surface area (Å²) in [4.78, 5) is 4.58. The Hall–Kier alpha value is -2.27. The average Bonchev–Trinajstić information content (AvgIpc) is 2.98. The van der Waals surface area contributed by atoms with Gasteiger partial charge >= 0.3 is 0 Å². The van der Waals surface area contributed by atoms with E-state index in [1.54, 1.807) is 7.11 Å². The highest BCUT2D eigenvalue weighted by Gasteiger charge is 2.33. The highest BCUT2D eigenvalue weighted by atomic mass is 19.1. The number of hydrogen-bond acceptors (Lipinski definition) is 2. The number of hydrogen-bond donors (Lipinski definition) is 0. The van der Waals surface area contributed by atoms with Crippen molar-refractivity contribution >= 4 is 11.0 Å². The van der Waals surface area contributed by atoms with E-state index in [4.69, 9.17) is 4.74 Å². The SMILES string of the molecule is CO[C@H]1C[C@@H](c2cc(Cn3c(C)nc4ccc(C(C)C)c(F)c43)cc(C(C)C)c2F)C1. The van der Waals surface area contributed by atoms with Gasteiger partial charge < -0.3 is 9.30 Å². The second-order valence-electron chi connectivity index (χ2n) is 9.51. The molecule has 0 atom stereocenters. The van der Waals surface area contributed by atoms with Crippen LogP contribution in [-0.4, -0.2) is 22.8 Å². The van der Waals surface area contributed by atoms with E-state index in [-0.39, 0.29) is 35.5 Å². The van der Waals surface area contributed by atoms with Crippen LogP contribution >= 0.6 is 0 Å². The van der Waals surface area contributed by atoms with Gasteiger partial charge in [0.2, 0.25) is 0 Å². The summed E-state index contributed by atoms with van der Waals surface area (Å²) in [5, 5.41) is 0. The van der Waals surface area contributed by atoms with Crippen molar-refractivity contribution in [2.75, 3.05) is 7.11 Å². The van der Waals surface area contributed by atoms with Crippen LogP contribution < -0.4 is 0 Å². The zero-order chi connectivity index (χ0) is 22.4. The second-order valence-corrected chi connectivity index (χ2v) is 9.51. The van der Waals surface area contributed by atoms with Crippen LogP contribution in [0.4, 0.5) is 8.78 Å². The van der Waals surface area contributed by atoms with Gasteiger partial charge in [-0.3, -0.25) is 0 Å². The zero-order valence-corrected chi connectivity index (χ0v) is 19.3. The van der Waals surface area contributed by atoms with Gasteiger partial charge in [-0.1, -0.05) is 45.9 Å². The maximum absolute atomic E-state index is 15.4. The van der Waals surface area contributed by atoms with E-state index in [0.29, 0.717) is 23.1 Å². The number of nitrogens with zero attached hydrogens (tertiary/aromatic N) is 2. The molecule has 1 heterocycles. The van der Waals surface area contributed by atoms with Crippen molar-refractivity contribution in [2.24, 2.45) is 0 Å². The predicted octanol–water partition coefficient (Wildman–Crippen LogP) is 6.81. The number of halogens is 2. The van der Waals surface area contributed by atoms with Crippen LogP contribution in [0.15, 0.2) is 24.3 Å². The average molecular weight is 427 g/mol. The molecule has 1 fully saturated rings. The lowest BCUT2D eigenvalue weighted by molar-refractivity contribution is 0.0249. The van der Waals surface area contributed by atoms with Crippen LogP contribution in [0, 0.1) is 18.6 Å². The molecule has 1 aliphatic carbocycles. The molecule has 3 aromatic rings. The van der Waals surface area contributed by atoms with Crippen molar-refractivity contribution in [2.45, 2.75) is 77.9 Å². The third-order valence-corrected chi connectivity index (χ3v) is 6.71. The molecule has 2 aromatic carbocycles. The van der Waals surface area contributed by atoms with E-state index in [1.807, 2.05) is 63.5 Å². The van der Waals surface area contributed by atoms with Crippen molar-refractivity contribution in [3.05, 3.63) is 64.0 Å². The van der Waals surface area contributed by atoms with Crippen LogP contribution in [0.5, 0.6) is 0 Å². The Balaban J connectivity index is 1.79. The summed E-state index contributed by atoms with van der Waals surface area (Å²) >= 11 is 0. The molecule has 1 aromatic heterocycles. The molecule has 5 heteroatoms. The quantitative estimate of drug-likeness (QED) is 0.433. The molecule has 0 aliphatic heterocycles. The molecule has 166 valence electrons. The molecule has 0 amide bonds. The fourth-order valence-electron chi connectivity index (χ4n) is 4.69. The summed E-state index contributed by atoms with van der Waals surface area (Å²) in [6.07, 6.45) is 1.89. The summed E-state index contributed by atoms with van der Waals surface area (Å²) in [7, 11) is 1.71. The summed E-state index contributed by atoms with van der Waals surface area (Å²) in [6, 6.07) is 7.62. The number of imidazole rings is 1. The lowest BCUT2D eigenvalue weighted by Gasteiger charge is -2.35. The van der Waals surface area contributed by atoms with Gasteiger partial charge in [0, 0.05) is 13.7 Å². The minimum Gasteiger partial charge on any atom is -0.381 e. The fourth-order valence-corrected chi connectivity index (χ4v) is 4.69. The molecule has 0 bridgehead atoms. The molecule has 0 spiro atoms. The first-order valence-corrected chi connectivity index (χ1v) is 11.2. The number of benzene rings is 2. The van der Waals surface area contributed by atoms with Crippen molar-refractivity contribution in [3.8, 4) is 0 Å². The summed E-state index contributed by atoms with van der Waals surface area (Å²) < 4.78 is 38.0. The number of fused-ring (bicyclic) bond motifs is 1. The Morgan fingerprint density at radius 1 is 1.03 bits per heavy atom. The Morgan fingerprint density at radius 3 is 2.32 bits per heavy atom. The maximum atomic E-state index is 15.4. The number of methoxy groups -OCH3 is 1. The van der Waals surface area contributed by atoms with Crippen LogP contribution in [0.2, 0.25) is 0 Å². The van der Waals surface area contributed by atoms with Crippen molar-refractivity contribution < 1.29 is 13.5 Å². The molecule has 4 rings (SSSR count). The number of aryl methyl sites for hydroxylation is 1. The molecule has 31 heavy (non-hydrogen) atoms. The summed E-state index contributed by atoms with van der Waals surface area (Å²) in [5.41, 5.74) is 4.35. The molecular weight excluding hydrogens is 394 g/mol. The maximum Gasteiger partial charge on any atom is 0.152 e. The predicted molar refractivity (Wildman–Crippen MR) is 121 cm³/mol. The van der Waals surface area contributed by atoms with E-state index in [9.17, 15) is 0 Å². The molecule has 3 nitrogen and oxygen atoms in total. The topological polar surface area (TPSA) is 27.1 Å². The van der Waals surface area contributed by atoms with Gasteiger partial charge in [-0.25, -0.2) is 13.8 Å². The van der Waals surface area contributed by atoms with Crippen LogP contribution in [-0.2, 0) is 11.3 Å². The van der Waals surface area contributed by atoms with E-state index >= 15 is 8.78 Å². The molecule has 0 N–H and O–H groups in total. The lowest BCUT2D eigenvalue weighted by atomic mass is 9.76. The molecule has 1 saturated carbocycles. The molecule has 0 unspecified atom stereocenters. The van der Waals surface area contributed by atoms with Crippen LogP contribution in [0.3, 0.4) is 0 Å². The number of rotatable bonds is 6. The van der Waals surface area contributed by atoms with E-state index < -0.39 is 0 Å². The van der Waals surface area contributed by atoms with Gasteiger partial charge in [0.1, 0.15) is 17.2 Å². The monoisotopic (exact) mass is 426 g/mol. The van der Waals surface area contributed by atoms with E-state index in [1.165, 1.54) is 0 Å². The van der Waals surface area contributed by atoms with Gasteiger partial charge in [-0.15, -0.1) is 0 Å². The standard InChI is InChI=1S/C26H32F2N2O/c1-14(2)20-7-8-23-26(25(20)28)30(16(5)29-23)13-17-9-21(15(3)4)24(27)22(10-17)18-11-19(12-18)31-6/h7-10,14-15,18-19H,11-13H2,1-6H3/t18-,19+. The Labute approximate surface area is 183 Å². The van der Waals surface area contributed by atoms with Gasteiger partial charge in [0.15, 0.2) is 5.82 Å². The number of aromatic nitrogens is 2. The third-order valence-electron chi connectivity index (χ3n) is 6.71. The Morgan fingerprint density at radius 2 is 1.71 bits per heavy atom. The Bertz CT molecular complexity index is 1110. The molecular formula is C26H32F2N2O. The molecule has 0 saturated heterocycles. The fraction of sp³-hybridized carbons (Fsp3) is 0.500. The highest BCUT2D eigenvalue weighted by Crippen LogP contribution is 2.41. The lowest BCUT2D eigenvalue weighted by Crippen LogP contribution is -2.29. The Kier molecular flexibility index (Phi) is 5.91. The number of ether oxygens (including phenoxy) is 1. The van der Waals surface area contributed by atoms with Crippen LogP contribution in [0.1, 0.15) is 86.4 Å². The van der Waals surface area contributed by atoms with Gasteiger partial charge in [-0.2, -0.15) is 0 Å². The minimum absolute atomic E-state index is 0.0712. The van der Waals surface area contributed by atoms with E-state index in [2.05, 4.69) is 4.98 Å². The molecule has 0 radical (unpaired) electrons.